The Morgan fingerprint density at radius 2 is 2.06 bits per heavy atom. The number of nitrogens with zero attached hydrogens (tertiary/aromatic N) is 5. The van der Waals surface area contributed by atoms with Crippen molar-refractivity contribution in [1.29, 1.82) is 0 Å². The first-order valence-corrected chi connectivity index (χ1v) is 4.59. The van der Waals surface area contributed by atoms with Gasteiger partial charge in [0.2, 0.25) is 11.8 Å². The summed E-state index contributed by atoms with van der Waals surface area (Å²) in [5.74, 6) is 0.469. The zero-order valence-electron chi connectivity index (χ0n) is 7.95. The van der Waals surface area contributed by atoms with Crippen LogP contribution in [-0.2, 0) is 0 Å². The van der Waals surface area contributed by atoms with E-state index in [9.17, 15) is 0 Å². The molecule has 0 aromatic carbocycles. The third-order valence-corrected chi connectivity index (χ3v) is 1.99. The van der Waals surface area contributed by atoms with E-state index in [1.54, 1.807) is 6.20 Å². The Bertz CT molecular complexity index is 520. The molecule has 8 heteroatoms. The van der Waals surface area contributed by atoms with Crippen molar-refractivity contribution in [3.05, 3.63) is 35.6 Å². The third-order valence-electron chi connectivity index (χ3n) is 1.80. The molecule has 7 nitrogen and oxygen atoms in total. The van der Waals surface area contributed by atoms with Crippen LogP contribution in [0.15, 0.2) is 29.9 Å². The van der Waals surface area contributed by atoms with Crippen LogP contribution in [-0.4, -0.2) is 30.6 Å². The summed E-state index contributed by atoms with van der Waals surface area (Å²) in [6.07, 6.45) is 5.97. The van der Waals surface area contributed by atoms with E-state index in [0.29, 0.717) is 11.0 Å². The molecule has 16 heavy (non-hydrogen) atoms. The fourth-order valence-electron chi connectivity index (χ4n) is 1.13. The molecule has 0 saturated carbocycles. The first-order chi connectivity index (χ1) is 7.72. The summed E-state index contributed by atoms with van der Waals surface area (Å²) < 4.78 is 1.48. The highest BCUT2D eigenvalue weighted by atomic mass is 35.5. The number of nitrogens with two attached hydrogens (primary N) is 1. The average molecular weight is 239 g/mol. The average Bonchev–Trinajstić information content (AvgIpc) is 2.78. The van der Waals surface area contributed by atoms with E-state index >= 15 is 0 Å². The maximum Gasteiger partial charge on any atom is 0.235 e. The van der Waals surface area contributed by atoms with Gasteiger partial charge >= 0.3 is 0 Å². The highest BCUT2D eigenvalue weighted by Gasteiger charge is 2.10. The Hall–Kier alpha value is -2.15. The van der Waals surface area contributed by atoms with Crippen LogP contribution >= 0.6 is 11.6 Å². The van der Waals surface area contributed by atoms with Crippen molar-refractivity contribution in [3.8, 4) is 5.95 Å². The SMILES string of the molecule is N/C(=N/O)c1nccn1-c1ncc(Cl)cn1. The highest BCUT2D eigenvalue weighted by Crippen LogP contribution is 2.08. The quantitative estimate of drug-likeness (QED) is 0.341. The lowest BCUT2D eigenvalue weighted by atomic mass is 10.5. The number of amidine groups is 1. The van der Waals surface area contributed by atoms with Gasteiger partial charge in [-0.2, -0.15) is 0 Å². The van der Waals surface area contributed by atoms with Crippen molar-refractivity contribution >= 4 is 17.4 Å². The Labute approximate surface area is 95.2 Å². The molecule has 0 fully saturated rings. The van der Waals surface area contributed by atoms with E-state index in [2.05, 4.69) is 20.1 Å². The van der Waals surface area contributed by atoms with Gasteiger partial charge in [-0.15, -0.1) is 0 Å². The van der Waals surface area contributed by atoms with E-state index in [1.807, 2.05) is 0 Å². The first kappa shape index (κ1) is 10.4. The van der Waals surface area contributed by atoms with Crippen LogP contribution in [0, 0.1) is 0 Å². The summed E-state index contributed by atoms with van der Waals surface area (Å²) in [7, 11) is 0. The Morgan fingerprint density at radius 1 is 1.38 bits per heavy atom. The smallest absolute Gasteiger partial charge is 0.235 e. The van der Waals surface area contributed by atoms with Crippen LogP contribution in [0.3, 0.4) is 0 Å². The topological polar surface area (TPSA) is 102 Å². The fourth-order valence-corrected chi connectivity index (χ4v) is 1.23. The lowest BCUT2D eigenvalue weighted by molar-refractivity contribution is 0.318. The molecule has 2 aromatic rings. The Balaban J connectivity index is 2.49. The molecule has 0 aliphatic heterocycles. The minimum Gasteiger partial charge on any atom is -0.409 e. The molecule has 0 aliphatic rings. The maximum atomic E-state index is 8.57. The molecule has 0 aliphatic carbocycles. The molecule has 0 spiro atoms. The molecule has 0 atom stereocenters. The summed E-state index contributed by atoms with van der Waals surface area (Å²) in [6, 6.07) is 0. The standard InChI is InChI=1S/C8H7ClN6O/c9-5-3-12-8(13-4-5)15-2-1-11-7(15)6(10)14-16/h1-4,16H,(H2,10,14). The molecule has 82 valence electrons. The van der Waals surface area contributed by atoms with Crippen LogP contribution in [0.1, 0.15) is 5.82 Å². The third kappa shape index (κ3) is 1.80. The minimum atomic E-state index is -0.122. The van der Waals surface area contributed by atoms with E-state index in [4.69, 9.17) is 22.5 Å². The molecular weight excluding hydrogens is 232 g/mol. The number of hydrogen-bond donors (Lipinski definition) is 2. The summed E-state index contributed by atoms with van der Waals surface area (Å²) in [5.41, 5.74) is 5.44. The molecule has 0 amide bonds. The lowest BCUT2D eigenvalue weighted by Gasteiger charge is -2.03. The van der Waals surface area contributed by atoms with Gasteiger partial charge in [0.05, 0.1) is 17.4 Å². The predicted octanol–water partition coefficient (Wildman–Crippen LogP) is 0.410. The summed E-state index contributed by atoms with van der Waals surface area (Å²) in [5, 5.41) is 11.9. The van der Waals surface area contributed by atoms with Crippen molar-refractivity contribution < 1.29 is 5.21 Å². The Kier molecular flexibility index (Phi) is 2.69. The van der Waals surface area contributed by atoms with Crippen LogP contribution < -0.4 is 5.73 Å². The fraction of sp³-hybridized carbons (Fsp3) is 0. The van der Waals surface area contributed by atoms with Crippen molar-refractivity contribution in [1.82, 2.24) is 19.5 Å². The van der Waals surface area contributed by atoms with Gasteiger partial charge in [0.1, 0.15) is 0 Å². The normalized spacial score (nSPS) is 11.7. The number of imidazole rings is 1. The zero-order valence-corrected chi connectivity index (χ0v) is 8.70. The summed E-state index contributed by atoms with van der Waals surface area (Å²) in [4.78, 5) is 11.9. The first-order valence-electron chi connectivity index (χ1n) is 4.21. The predicted molar refractivity (Wildman–Crippen MR) is 56.7 cm³/mol. The van der Waals surface area contributed by atoms with Crippen LogP contribution in [0.5, 0.6) is 0 Å². The van der Waals surface area contributed by atoms with Crippen LogP contribution in [0.4, 0.5) is 0 Å². The zero-order chi connectivity index (χ0) is 11.5. The molecule has 2 rings (SSSR count). The molecule has 0 radical (unpaired) electrons. The second-order valence-corrected chi connectivity index (χ2v) is 3.24. The van der Waals surface area contributed by atoms with Gasteiger partial charge in [-0.3, -0.25) is 4.57 Å². The van der Waals surface area contributed by atoms with E-state index in [0.717, 1.165) is 0 Å². The molecule has 0 saturated heterocycles. The number of rotatable bonds is 2. The van der Waals surface area contributed by atoms with Gasteiger partial charge in [-0.05, 0) is 0 Å². The molecule has 0 unspecified atom stereocenters. The van der Waals surface area contributed by atoms with Gasteiger partial charge in [0, 0.05) is 12.4 Å². The maximum absolute atomic E-state index is 8.57. The summed E-state index contributed by atoms with van der Waals surface area (Å²) in [6.45, 7) is 0. The van der Waals surface area contributed by atoms with E-state index < -0.39 is 0 Å². The van der Waals surface area contributed by atoms with Crippen molar-refractivity contribution in [2.24, 2.45) is 10.9 Å². The summed E-state index contributed by atoms with van der Waals surface area (Å²) >= 11 is 5.66. The second kappa shape index (κ2) is 4.15. The van der Waals surface area contributed by atoms with Crippen molar-refractivity contribution in [2.45, 2.75) is 0 Å². The lowest BCUT2D eigenvalue weighted by Crippen LogP contribution is -2.19. The number of hydrogen-bond acceptors (Lipinski definition) is 5. The van der Waals surface area contributed by atoms with Gasteiger partial charge in [0.25, 0.3) is 0 Å². The molecule has 2 aromatic heterocycles. The van der Waals surface area contributed by atoms with Gasteiger partial charge in [-0.1, -0.05) is 16.8 Å². The monoisotopic (exact) mass is 238 g/mol. The van der Waals surface area contributed by atoms with Gasteiger partial charge < -0.3 is 10.9 Å². The van der Waals surface area contributed by atoms with Crippen LogP contribution in [0.2, 0.25) is 5.02 Å². The minimum absolute atomic E-state index is 0.122. The van der Waals surface area contributed by atoms with Crippen molar-refractivity contribution in [2.75, 3.05) is 0 Å². The molecule has 0 bridgehead atoms. The van der Waals surface area contributed by atoms with E-state index in [1.165, 1.54) is 23.2 Å². The molecule has 2 heterocycles. The van der Waals surface area contributed by atoms with Gasteiger partial charge in [0.15, 0.2) is 5.82 Å². The highest BCUT2D eigenvalue weighted by molar-refractivity contribution is 6.30. The van der Waals surface area contributed by atoms with Crippen LogP contribution in [0.25, 0.3) is 5.95 Å². The number of oxime groups is 1. The Morgan fingerprint density at radius 3 is 2.69 bits per heavy atom. The van der Waals surface area contributed by atoms with Crippen molar-refractivity contribution in [3.63, 3.8) is 0 Å². The largest absolute Gasteiger partial charge is 0.409 e. The van der Waals surface area contributed by atoms with E-state index in [-0.39, 0.29) is 11.7 Å². The second-order valence-electron chi connectivity index (χ2n) is 2.81. The number of aromatic nitrogens is 4. The molecular formula is C8H7ClN6O. The molecule has 3 N–H and O–H groups in total. The van der Waals surface area contributed by atoms with Gasteiger partial charge in [-0.25, -0.2) is 15.0 Å². The number of halogens is 1.